The van der Waals surface area contributed by atoms with Gasteiger partial charge in [-0.25, -0.2) is 0 Å². The van der Waals surface area contributed by atoms with Crippen LogP contribution in [0.15, 0.2) is 24.3 Å². The van der Waals surface area contributed by atoms with Gasteiger partial charge >= 0.3 is 0 Å². The van der Waals surface area contributed by atoms with E-state index in [0.717, 1.165) is 31.2 Å². The first kappa shape index (κ1) is 15.4. The maximum atomic E-state index is 5.83. The van der Waals surface area contributed by atoms with Gasteiger partial charge in [0, 0.05) is 6.04 Å². The Hall–Kier alpha value is -1.02. The van der Waals surface area contributed by atoms with E-state index in [1.165, 1.54) is 37.7 Å². The SMILES string of the molecule is CCCNC(C)CCc1ccc(OCC2CCC2)cc1. The summed E-state index contributed by atoms with van der Waals surface area (Å²) in [5, 5.41) is 3.53. The van der Waals surface area contributed by atoms with Gasteiger partial charge in [0.15, 0.2) is 0 Å². The molecular weight excluding hydrogens is 246 g/mol. The number of nitrogens with one attached hydrogen (secondary N) is 1. The Bertz CT molecular complexity index is 370. The molecule has 1 aromatic rings. The fourth-order valence-corrected chi connectivity index (χ4v) is 2.50. The molecule has 20 heavy (non-hydrogen) atoms. The molecule has 1 aromatic carbocycles. The Morgan fingerprint density at radius 2 is 2.00 bits per heavy atom. The van der Waals surface area contributed by atoms with Gasteiger partial charge < -0.3 is 10.1 Å². The van der Waals surface area contributed by atoms with E-state index < -0.39 is 0 Å². The van der Waals surface area contributed by atoms with Crippen molar-refractivity contribution in [1.82, 2.24) is 5.32 Å². The van der Waals surface area contributed by atoms with Crippen LogP contribution in [0.4, 0.5) is 0 Å². The summed E-state index contributed by atoms with van der Waals surface area (Å²) in [5.41, 5.74) is 1.41. The van der Waals surface area contributed by atoms with Gasteiger partial charge in [0.1, 0.15) is 5.75 Å². The second-order valence-corrected chi connectivity index (χ2v) is 6.15. The lowest BCUT2D eigenvalue weighted by Gasteiger charge is -2.25. The average molecular weight is 275 g/mol. The predicted molar refractivity (Wildman–Crippen MR) is 85.4 cm³/mol. The van der Waals surface area contributed by atoms with Crippen LogP contribution in [-0.4, -0.2) is 19.2 Å². The molecule has 1 N–H and O–H groups in total. The number of hydrogen-bond donors (Lipinski definition) is 1. The lowest BCUT2D eigenvalue weighted by molar-refractivity contribution is 0.180. The molecule has 0 saturated heterocycles. The van der Waals surface area contributed by atoms with E-state index in [9.17, 15) is 0 Å². The van der Waals surface area contributed by atoms with Gasteiger partial charge in [-0.05, 0) is 69.2 Å². The van der Waals surface area contributed by atoms with Gasteiger partial charge in [-0.2, -0.15) is 0 Å². The Kier molecular flexibility index (Phi) is 6.38. The van der Waals surface area contributed by atoms with Crippen LogP contribution in [0.2, 0.25) is 0 Å². The van der Waals surface area contributed by atoms with Gasteiger partial charge in [-0.15, -0.1) is 0 Å². The molecule has 1 saturated carbocycles. The van der Waals surface area contributed by atoms with Crippen LogP contribution in [0, 0.1) is 5.92 Å². The molecule has 0 bridgehead atoms. The molecule has 2 nitrogen and oxygen atoms in total. The second-order valence-electron chi connectivity index (χ2n) is 6.15. The first-order valence-electron chi connectivity index (χ1n) is 8.23. The van der Waals surface area contributed by atoms with Crippen molar-refractivity contribution in [3.05, 3.63) is 29.8 Å². The van der Waals surface area contributed by atoms with Gasteiger partial charge in [0.25, 0.3) is 0 Å². The third-order valence-electron chi connectivity index (χ3n) is 4.24. The maximum Gasteiger partial charge on any atom is 0.119 e. The lowest BCUT2D eigenvalue weighted by atomic mass is 9.86. The number of benzene rings is 1. The van der Waals surface area contributed by atoms with Crippen LogP contribution in [0.5, 0.6) is 5.75 Å². The normalized spacial score (nSPS) is 16.7. The number of hydrogen-bond acceptors (Lipinski definition) is 2. The largest absolute Gasteiger partial charge is 0.493 e. The first-order chi connectivity index (χ1) is 9.78. The number of aryl methyl sites for hydroxylation is 1. The van der Waals surface area contributed by atoms with Crippen LogP contribution < -0.4 is 10.1 Å². The van der Waals surface area contributed by atoms with Crippen molar-refractivity contribution in [2.75, 3.05) is 13.2 Å². The van der Waals surface area contributed by atoms with Crippen molar-refractivity contribution in [3.63, 3.8) is 0 Å². The minimum atomic E-state index is 0.601. The third kappa shape index (κ3) is 5.16. The molecule has 2 rings (SSSR count). The highest BCUT2D eigenvalue weighted by molar-refractivity contribution is 5.27. The number of rotatable bonds is 9. The molecule has 0 radical (unpaired) electrons. The molecule has 0 heterocycles. The zero-order valence-electron chi connectivity index (χ0n) is 13.0. The molecular formula is C18H29NO. The zero-order valence-corrected chi connectivity index (χ0v) is 13.0. The van der Waals surface area contributed by atoms with Crippen LogP contribution in [-0.2, 0) is 6.42 Å². The van der Waals surface area contributed by atoms with E-state index in [0.29, 0.717) is 6.04 Å². The predicted octanol–water partition coefficient (Wildman–Crippen LogP) is 4.19. The fraction of sp³-hybridized carbons (Fsp3) is 0.667. The van der Waals surface area contributed by atoms with Gasteiger partial charge in [-0.1, -0.05) is 25.5 Å². The van der Waals surface area contributed by atoms with Gasteiger partial charge in [0.2, 0.25) is 0 Å². The fourth-order valence-electron chi connectivity index (χ4n) is 2.50. The summed E-state index contributed by atoms with van der Waals surface area (Å²) in [4.78, 5) is 0. The van der Waals surface area contributed by atoms with Crippen molar-refractivity contribution in [2.24, 2.45) is 5.92 Å². The molecule has 1 atom stereocenters. The molecule has 1 fully saturated rings. The summed E-state index contributed by atoms with van der Waals surface area (Å²) >= 11 is 0. The van der Waals surface area contributed by atoms with Crippen LogP contribution in [0.1, 0.15) is 51.5 Å². The summed E-state index contributed by atoms with van der Waals surface area (Å²) in [7, 11) is 0. The first-order valence-corrected chi connectivity index (χ1v) is 8.23. The minimum absolute atomic E-state index is 0.601. The average Bonchev–Trinajstić information content (AvgIpc) is 2.42. The molecule has 0 amide bonds. The molecule has 2 heteroatoms. The quantitative estimate of drug-likeness (QED) is 0.730. The summed E-state index contributed by atoms with van der Waals surface area (Å²) in [5.74, 6) is 1.83. The summed E-state index contributed by atoms with van der Waals surface area (Å²) in [6.45, 7) is 6.50. The second kappa shape index (κ2) is 8.31. The summed E-state index contributed by atoms with van der Waals surface area (Å²) in [6.07, 6.45) is 7.62. The van der Waals surface area contributed by atoms with E-state index in [-0.39, 0.29) is 0 Å². The number of ether oxygens (including phenoxy) is 1. The monoisotopic (exact) mass is 275 g/mol. The van der Waals surface area contributed by atoms with Crippen molar-refractivity contribution < 1.29 is 4.74 Å². The van der Waals surface area contributed by atoms with Gasteiger partial charge in [-0.3, -0.25) is 0 Å². The highest BCUT2D eigenvalue weighted by Gasteiger charge is 2.17. The highest BCUT2D eigenvalue weighted by Crippen LogP contribution is 2.27. The standard InChI is InChI=1S/C18H29NO/c1-3-13-19-15(2)7-8-16-9-11-18(12-10-16)20-14-17-5-4-6-17/h9-12,15,17,19H,3-8,13-14H2,1-2H3. The van der Waals surface area contributed by atoms with Crippen molar-refractivity contribution in [2.45, 2.75) is 58.4 Å². The van der Waals surface area contributed by atoms with E-state index in [2.05, 4.69) is 43.4 Å². The Morgan fingerprint density at radius 3 is 2.60 bits per heavy atom. The van der Waals surface area contributed by atoms with Crippen molar-refractivity contribution in [3.8, 4) is 5.75 Å². The Labute approximate surface area is 123 Å². The molecule has 1 unspecified atom stereocenters. The van der Waals surface area contributed by atoms with E-state index in [4.69, 9.17) is 4.74 Å². The zero-order chi connectivity index (χ0) is 14.2. The Balaban J connectivity index is 1.67. The molecule has 112 valence electrons. The van der Waals surface area contributed by atoms with E-state index >= 15 is 0 Å². The molecule has 0 aliphatic heterocycles. The van der Waals surface area contributed by atoms with Gasteiger partial charge in [0.05, 0.1) is 6.61 Å². The minimum Gasteiger partial charge on any atom is -0.493 e. The summed E-state index contributed by atoms with van der Waals surface area (Å²) < 4.78 is 5.83. The van der Waals surface area contributed by atoms with Crippen LogP contribution in [0.3, 0.4) is 0 Å². The van der Waals surface area contributed by atoms with E-state index in [1.807, 2.05) is 0 Å². The van der Waals surface area contributed by atoms with E-state index in [1.54, 1.807) is 0 Å². The maximum absolute atomic E-state index is 5.83. The van der Waals surface area contributed by atoms with Crippen LogP contribution in [0.25, 0.3) is 0 Å². The third-order valence-corrected chi connectivity index (χ3v) is 4.24. The molecule has 0 aromatic heterocycles. The topological polar surface area (TPSA) is 21.3 Å². The summed E-state index contributed by atoms with van der Waals surface area (Å²) in [6, 6.07) is 9.27. The smallest absolute Gasteiger partial charge is 0.119 e. The molecule has 1 aliphatic carbocycles. The van der Waals surface area contributed by atoms with Crippen LogP contribution >= 0.6 is 0 Å². The lowest BCUT2D eigenvalue weighted by Crippen LogP contribution is -2.27. The van der Waals surface area contributed by atoms with Crippen molar-refractivity contribution in [1.29, 1.82) is 0 Å². The Morgan fingerprint density at radius 1 is 1.25 bits per heavy atom. The van der Waals surface area contributed by atoms with Crippen molar-refractivity contribution >= 4 is 0 Å². The highest BCUT2D eigenvalue weighted by atomic mass is 16.5. The molecule has 0 spiro atoms. The molecule has 1 aliphatic rings.